The SMILES string of the molecule is Cc1ccc(NC(=O)Cn2nc(-c3ccco3)ccc2=O)cc1F. The van der Waals surface area contributed by atoms with Crippen molar-refractivity contribution in [1.29, 1.82) is 0 Å². The molecule has 1 aromatic carbocycles. The van der Waals surface area contributed by atoms with E-state index in [2.05, 4.69) is 10.4 Å². The number of nitrogens with zero attached hydrogens (tertiary/aromatic N) is 2. The molecule has 0 aliphatic heterocycles. The third-order valence-electron chi connectivity index (χ3n) is 3.39. The number of hydrogen-bond donors (Lipinski definition) is 1. The molecule has 122 valence electrons. The monoisotopic (exact) mass is 327 g/mol. The Kier molecular flexibility index (Phi) is 4.24. The van der Waals surface area contributed by atoms with E-state index < -0.39 is 17.3 Å². The van der Waals surface area contributed by atoms with E-state index in [0.717, 1.165) is 4.68 Å². The normalized spacial score (nSPS) is 10.6. The Bertz CT molecular complexity index is 933. The van der Waals surface area contributed by atoms with E-state index >= 15 is 0 Å². The van der Waals surface area contributed by atoms with E-state index in [1.54, 1.807) is 31.2 Å². The van der Waals surface area contributed by atoms with Crippen molar-refractivity contribution in [3.8, 4) is 11.5 Å². The standard InChI is InChI=1S/C17H14FN3O3/c1-11-4-5-12(9-13(11)18)19-16(22)10-21-17(23)7-6-14(20-21)15-3-2-8-24-15/h2-9H,10H2,1H3,(H,19,22). The van der Waals surface area contributed by atoms with Crippen molar-refractivity contribution < 1.29 is 13.6 Å². The predicted molar refractivity (Wildman–Crippen MR) is 86.0 cm³/mol. The third-order valence-corrected chi connectivity index (χ3v) is 3.39. The first-order valence-corrected chi connectivity index (χ1v) is 7.21. The lowest BCUT2D eigenvalue weighted by atomic mass is 10.2. The highest BCUT2D eigenvalue weighted by molar-refractivity contribution is 5.90. The largest absolute Gasteiger partial charge is 0.463 e. The summed E-state index contributed by atoms with van der Waals surface area (Å²) in [5, 5.41) is 6.64. The molecule has 0 radical (unpaired) electrons. The molecule has 0 unspecified atom stereocenters. The van der Waals surface area contributed by atoms with Crippen LogP contribution in [0.4, 0.5) is 10.1 Å². The molecule has 0 aliphatic carbocycles. The molecule has 0 fully saturated rings. The van der Waals surface area contributed by atoms with Crippen LogP contribution in [0.5, 0.6) is 0 Å². The van der Waals surface area contributed by atoms with Gasteiger partial charge in [-0.3, -0.25) is 9.59 Å². The first-order chi connectivity index (χ1) is 11.5. The van der Waals surface area contributed by atoms with Crippen molar-refractivity contribution >= 4 is 11.6 Å². The number of aromatic nitrogens is 2. The predicted octanol–water partition coefficient (Wildman–Crippen LogP) is 2.59. The molecule has 0 spiro atoms. The fourth-order valence-electron chi connectivity index (χ4n) is 2.13. The van der Waals surface area contributed by atoms with Gasteiger partial charge in [-0.2, -0.15) is 5.10 Å². The van der Waals surface area contributed by atoms with Gasteiger partial charge in [-0.05, 0) is 42.8 Å². The Morgan fingerprint density at radius 3 is 2.83 bits per heavy atom. The van der Waals surface area contributed by atoms with Crippen molar-refractivity contribution in [2.45, 2.75) is 13.5 Å². The maximum atomic E-state index is 13.5. The number of carbonyl (C=O) groups excluding carboxylic acids is 1. The molecule has 3 aromatic rings. The van der Waals surface area contributed by atoms with Gasteiger partial charge in [-0.25, -0.2) is 9.07 Å². The molecule has 0 aliphatic rings. The first kappa shape index (κ1) is 15.7. The molecule has 2 heterocycles. The second kappa shape index (κ2) is 6.49. The molecule has 0 bridgehead atoms. The summed E-state index contributed by atoms with van der Waals surface area (Å²) in [6.07, 6.45) is 1.49. The van der Waals surface area contributed by atoms with Crippen LogP contribution in [0.25, 0.3) is 11.5 Å². The number of hydrogen-bond acceptors (Lipinski definition) is 4. The zero-order valence-corrected chi connectivity index (χ0v) is 12.8. The molecule has 2 aromatic heterocycles. The summed E-state index contributed by atoms with van der Waals surface area (Å²) in [5.41, 5.74) is 0.819. The van der Waals surface area contributed by atoms with Gasteiger partial charge < -0.3 is 9.73 Å². The van der Waals surface area contributed by atoms with Gasteiger partial charge >= 0.3 is 0 Å². The van der Waals surface area contributed by atoms with Crippen LogP contribution >= 0.6 is 0 Å². The van der Waals surface area contributed by atoms with Gasteiger partial charge in [0, 0.05) is 11.8 Å². The van der Waals surface area contributed by atoms with Crippen molar-refractivity contribution in [3.05, 3.63) is 70.5 Å². The quantitative estimate of drug-likeness (QED) is 0.799. The molecule has 1 N–H and O–H groups in total. The number of rotatable bonds is 4. The Morgan fingerprint density at radius 2 is 2.12 bits per heavy atom. The van der Waals surface area contributed by atoms with Crippen molar-refractivity contribution in [1.82, 2.24) is 9.78 Å². The molecule has 0 saturated carbocycles. The lowest BCUT2D eigenvalue weighted by Crippen LogP contribution is -2.29. The number of nitrogens with one attached hydrogen (secondary N) is 1. The Morgan fingerprint density at radius 1 is 1.29 bits per heavy atom. The van der Waals surface area contributed by atoms with Crippen LogP contribution in [0.3, 0.4) is 0 Å². The summed E-state index contributed by atoms with van der Waals surface area (Å²) < 4.78 is 19.7. The Labute approximate surface area is 136 Å². The van der Waals surface area contributed by atoms with Gasteiger partial charge in [0.1, 0.15) is 18.1 Å². The van der Waals surface area contributed by atoms with Gasteiger partial charge in [0.15, 0.2) is 5.76 Å². The summed E-state index contributed by atoms with van der Waals surface area (Å²) in [7, 11) is 0. The second-order valence-corrected chi connectivity index (χ2v) is 5.20. The van der Waals surface area contributed by atoms with Crippen LogP contribution in [0, 0.1) is 12.7 Å². The number of anilines is 1. The van der Waals surface area contributed by atoms with E-state index in [1.165, 1.54) is 24.5 Å². The van der Waals surface area contributed by atoms with Crippen LogP contribution in [0.2, 0.25) is 0 Å². The third kappa shape index (κ3) is 3.40. The molecule has 6 nitrogen and oxygen atoms in total. The van der Waals surface area contributed by atoms with E-state index in [1.807, 2.05) is 0 Å². The maximum absolute atomic E-state index is 13.5. The van der Waals surface area contributed by atoms with Gasteiger partial charge in [-0.15, -0.1) is 0 Å². The van der Waals surface area contributed by atoms with E-state index in [9.17, 15) is 14.0 Å². The Balaban J connectivity index is 1.77. The van der Waals surface area contributed by atoms with Crippen molar-refractivity contribution in [3.63, 3.8) is 0 Å². The summed E-state index contributed by atoms with van der Waals surface area (Å²) >= 11 is 0. The lowest BCUT2D eigenvalue weighted by molar-refractivity contribution is -0.117. The van der Waals surface area contributed by atoms with E-state index in [0.29, 0.717) is 22.7 Å². The van der Waals surface area contributed by atoms with Gasteiger partial charge in [-0.1, -0.05) is 6.07 Å². The second-order valence-electron chi connectivity index (χ2n) is 5.20. The van der Waals surface area contributed by atoms with Crippen LogP contribution in [0.1, 0.15) is 5.56 Å². The molecule has 1 amide bonds. The average molecular weight is 327 g/mol. The number of aryl methyl sites for hydroxylation is 1. The average Bonchev–Trinajstić information content (AvgIpc) is 3.07. The molecule has 24 heavy (non-hydrogen) atoms. The molecule has 0 saturated heterocycles. The van der Waals surface area contributed by atoms with Gasteiger partial charge in [0.05, 0.1) is 6.26 Å². The summed E-state index contributed by atoms with van der Waals surface area (Å²) in [6.45, 7) is 1.34. The summed E-state index contributed by atoms with van der Waals surface area (Å²) in [6, 6.07) is 10.6. The van der Waals surface area contributed by atoms with Crippen LogP contribution in [-0.4, -0.2) is 15.7 Å². The zero-order valence-electron chi connectivity index (χ0n) is 12.8. The molecular formula is C17H14FN3O3. The minimum absolute atomic E-state index is 0.289. The zero-order chi connectivity index (χ0) is 17.1. The molecular weight excluding hydrogens is 313 g/mol. The van der Waals surface area contributed by atoms with E-state index in [4.69, 9.17) is 4.42 Å². The fourth-order valence-corrected chi connectivity index (χ4v) is 2.13. The number of halogens is 1. The molecule has 3 rings (SSSR count). The highest BCUT2D eigenvalue weighted by Crippen LogP contribution is 2.15. The van der Waals surface area contributed by atoms with Gasteiger partial charge in [0.25, 0.3) is 5.56 Å². The molecule has 0 atom stereocenters. The lowest BCUT2D eigenvalue weighted by Gasteiger charge is -2.08. The maximum Gasteiger partial charge on any atom is 0.267 e. The van der Waals surface area contributed by atoms with Crippen LogP contribution < -0.4 is 10.9 Å². The highest BCUT2D eigenvalue weighted by atomic mass is 19.1. The molecule has 7 heteroatoms. The Hall–Kier alpha value is -3.22. The topological polar surface area (TPSA) is 77.1 Å². The van der Waals surface area contributed by atoms with Crippen molar-refractivity contribution in [2.75, 3.05) is 5.32 Å². The van der Waals surface area contributed by atoms with E-state index in [-0.39, 0.29) is 6.54 Å². The van der Waals surface area contributed by atoms with Crippen LogP contribution in [0.15, 0.2) is 57.9 Å². The van der Waals surface area contributed by atoms with Crippen molar-refractivity contribution in [2.24, 2.45) is 0 Å². The van der Waals surface area contributed by atoms with Crippen LogP contribution in [-0.2, 0) is 11.3 Å². The number of furan rings is 1. The summed E-state index contributed by atoms with van der Waals surface area (Å²) in [5.74, 6) is -0.405. The number of carbonyl (C=O) groups is 1. The fraction of sp³-hybridized carbons (Fsp3) is 0.118. The summed E-state index contributed by atoms with van der Waals surface area (Å²) in [4.78, 5) is 23.9. The minimum Gasteiger partial charge on any atom is -0.463 e. The highest BCUT2D eigenvalue weighted by Gasteiger charge is 2.10. The number of amides is 1. The van der Waals surface area contributed by atoms with Gasteiger partial charge in [0.2, 0.25) is 5.91 Å². The number of benzene rings is 1. The first-order valence-electron chi connectivity index (χ1n) is 7.21. The smallest absolute Gasteiger partial charge is 0.267 e. The minimum atomic E-state index is -0.482.